The third kappa shape index (κ3) is 578. The summed E-state index contributed by atoms with van der Waals surface area (Å²) in [4.78, 5) is 0. The van der Waals surface area contributed by atoms with E-state index >= 15 is 0 Å². The monoisotopic (exact) mass is 302 g/mol. The summed E-state index contributed by atoms with van der Waals surface area (Å²) in [6, 6.07) is 0. The van der Waals surface area contributed by atoms with Crippen molar-refractivity contribution in [2.24, 2.45) is 0 Å². The number of hydrogen-bond acceptors (Lipinski definition) is 0. The van der Waals surface area contributed by atoms with Gasteiger partial charge in [-0.25, -0.2) is 0 Å². The molecule has 0 amide bonds. The molecule has 0 heterocycles. The molecule has 0 N–H and O–H groups in total. The molecule has 0 radical (unpaired) electrons. The minimum absolute atomic E-state index is 0. The molecule has 0 saturated heterocycles. The molecule has 0 aromatic rings. The maximum atomic E-state index is 2.18. The van der Waals surface area contributed by atoms with Gasteiger partial charge in [-0.05, 0) is 0 Å². The van der Waals surface area contributed by atoms with Crippen LogP contribution >= 0.6 is 0 Å². The van der Waals surface area contributed by atoms with Gasteiger partial charge >= 0.3 is 0 Å². The summed E-state index contributed by atoms with van der Waals surface area (Å²) in [5, 5.41) is 0. The van der Waals surface area contributed by atoms with Gasteiger partial charge in [0.25, 0.3) is 0 Å². The van der Waals surface area contributed by atoms with E-state index in [4.69, 9.17) is 0 Å². The highest BCUT2D eigenvalue weighted by molar-refractivity contribution is 4.13. The molecule has 0 heteroatoms. The molecule has 0 fully saturated rings. The van der Waals surface area contributed by atoms with Crippen molar-refractivity contribution >= 4 is 0 Å². The van der Waals surface area contributed by atoms with Crippen molar-refractivity contribution in [1.29, 1.82) is 0 Å². The molecule has 0 aliphatic heterocycles. The molecule has 0 unspecified atom stereocenters. The van der Waals surface area contributed by atoms with Crippen LogP contribution in [0.4, 0.5) is 0 Å². The van der Waals surface area contributed by atoms with Gasteiger partial charge in [0.15, 0.2) is 0 Å². The second-order valence-electron chi connectivity index (χ2n) is 3.00. The number of unbranched alkanes of at least 4 members (excludes halogenated alkanes) is 3. The molecule has 142 valence electrons. The number of hydrogen-bond donors (Lipinski definition) is 0. The summed E-state index contributed by atoms with van der Waals surface area (Å²) in [7, 11) is 0. The Bertz CT molecular complexity index is 15.5. The first-order valence-corrected chi connectivity index (χ1v) is 5.74. The van der Waals surface area contributed by atoms with Gasteiger partial charge in [-0.3, -0.25) is 0 Å². The highest BCUT2D eigenvalue weighted by Gasteiger charge is 1.57. The van der Waals surface area contributed by atoms with E-state index in [-0.39, 0.29) is 59.4 Å². The third-order valence-electron chi connectivity index (χ3n) is 1.50. The van der Waals surface area contributed by atoms with E-state index < -0.39 is 0 Å². The predicted molar refractivity (Wildman–Crippen MR) is 116 cm³/mol. The lowest BCUT2D eigenvalue weighted by atomic mass is 10.4. The summed E-state index contributed by atoms with van der Waals surface area (Å²) >= 11 is 0. The first-order valence-electron chi connectivity index (χ1n) is 5.74. The molecule has 0 aromatic heterocycles. The Morgan fingerprint density at radius 1 is 0.250 bits per heavy atom. The van der Waals surface area contributed by atoms with Crippen LogP contribution < -0.4 is 0 Å². The zero-order valence-corrected chi connectivity index (χ0v) is 10.2. The maximum absolute atomic E-state index is 2.18. The van der Waals surface area contributed by atoms with E-state index in [1.54, 1.807) is 0 Å². The van der Waals surface area contributed by atoms with Crippen LogP contribution in [-0.2, 0) is 0 Å². The first kappa shape index (κ1) is 89.1. The minimum atomic E-state index is 0. The van der Waals surface area contributed by atoms with Crippen molar-refractivity contribution < 1.29 is 0 Å². The van der Waals surface area contributed by atoms with E-state index in [1.807, 2.05) is 0 Å². The molecule has 0 spiro atoms. The van der Waals surface area contributed by atoms with Crippen LogP contribution in [0.2, 0.25) is 0 Å². The van der Waals surface area contributed by atoms with Crippen LogP contribution in [0.15, 0.2) is 0 Å². The number of rotatable bonds is 3. The molecular formula is C20H62. The van der Waals surface area contributed by atoms with Crippen LogP contribution in [0.3, 0.4) is 0 Å². The van der Waals surface area contributed by atoms with Crippen molar-refractivity contribution in [3.05, 3.63) is 0 Å². The summed E-state index contributed by atoms with van der Waals surface area (Å²) in [6.45, 7) is 13.1. The van der Waals surface area contributed by atoms with Crippen molar-refractivity contribution in [2.45, 2.75) is 139 Å². The molecule has 0 nitrogen and oxygen atoms in total. The average Bonchev–Trinajstić information content (AvgIpc) is 2.18. The summed E-state index contributed by atoms with van der Waals surface area (Å²) < 4.78 is 0. The Hall–Kier alpha value is 0. The van der Waals surface area contributed by atoms with Gasteiger partial charge in [0.1, 0.15) is 0 Å². The van der Waals surface area contributed by atoms with Crippen LogP contribution in [0, 0.1) is 0 Å². The topological polar surface area (TPSA) is 0 Å². The van der Waals surface area contributed by atoms with Crippen molar-refractivity contribution in [1.82, 2.24) is 0 Å². The Labute approximate surface area is 140 Å². The van der Waals surface area contributed by atoms with Crippen LogP contribution in [0.25, 0.3) is 0 Å². The Morgan fingerprint density at radius 2 is 0.300 bits per heavy atom. The second-order valence-corrected chi connectivity index (χ2v) is 3.00. The van der Waals surface area contributed by atoms with Gasteiger partial charge < -0.3 is 0 Å². The van der Waals surface area contributed by atoms with Crippen LogP contribution in [-0.4, -0.2) is 0 Å². The van der Waals surface area contributed by atoms with Gasteiger partial charge in [0, 0.05) is 0 Å². The largest absolute Gasteiger partial charge is 0.0776 e. The molecule has 0 aromatic carbocycles. The molecular weight excluding hydrogens is 240 g/mol. The molecule has 20 heavy (non-hydrogen) atoms. The smallest absolute Gasteiger partial charge is 0.0564 e. The lowest BCUT2D eigenvalue weighted by molar-refractivity contribution is 0.886. The fraction of sp³-hybridized carbons (Fsp3) is 1.00. The third-order valence-corrected chi connectivity index (χ3v) is 1.50. The fourth-order valence-electron chi connectivity index (χ4n) is 0. The van der Waals surface area contributed by atoms with Gasteiger partial charge in [0.05, 0.1) is 0 Å². The molecule has 0 saturated carbocycles. The zero-order chi connectivity index (χ0) is 10.2. The van der Waals surface area contributed by atoms with Crippen molar-refractivity contribution in [2.75, 3.05) is 0 Å². The van der Waals surface area contributed by atoms with Gasteiger partial charge in [-0.2, -0.15) is 0 Å². The van der Waals surface area contributed by atoms with Gasteiger partial charge in [-0.15, -0.1) is 0 Å². The highest BCUT2D eigenvalue weighted by atomic mass is 13.6. The Balaban J connectivity index is -0.00000000562. The molecule has 0 aliphatic carbocycles. The highest BCUT2D eigenvalue weighted by Crippen LogP contribution is 1.77. The van der Waals surface area contributed by atoms with Crippen LogP contribution in [0.5, 0.6) is 0 Å². The van der Waals surface area contributed by atoms with E-state index in [0.29, 0.717) is 0 Å². The zero-order valence-electron chi connectivity index (χ0n) is 10.2. The standard InChI is InChI=1S/3C4H10.8CH4/c3*1-3-4-2;;;;;;;;/h3*3-4H2,1-2H3;8*1H4. The van der Waals surface area contributed by atoms with Gasteiger partial charge in [0.2, 0.25) is 0 Å². The average molecular weight is 303 g/mol. The molecule has 0 rings (SSSR count). The summed E-state index contributed by atoms with van der Waals surface area (Å²) in [5.41, 5.74) is 0. The molecule has 0 bridgehead atoms. The van der Waals surface area contributed by atoms with Crippen molar-refractivity contribution in [3.63, 3.8) is 0 Å². The predicted octanol–water partition coefficient (Wildman–Crippen LogP) is 10.5. The Morgan fingerprint density at radius 3 is 0.300 bits per heavy atom. The minimum Gasteiger partial charge on any atom is -0.0776 e. The lowest BCUT2D eigenvalue weighted by Crippen LogP contribution is -1.47. The summed E-state index contributed by atoms with van der Waals surface area (Å²) in [6.07, 6.45) is 7.92. The normalized spacial score (nSPS) is 4.50. The first-order chi connectivity index (χ1) is 5.74. The molecule has 0 aliphatic rings. The summed E-state index contributed by atoms with van der Waals surface area (Å²) in [5.74, 6) is 0. The lowest BCUT2D eigenvalue weighted by Gasteiger charge is -1.68. The maximum Gasteiger partial charge on any atom is -0.0564 e. The van der Waals surface area contributed by atoms with E-state index in [0.717, 1.165) is 0 Å². The second kappa shape index (κ2) is 171. The SMILES string of the molecule is C.C.C.C.C.C.C.C.CCCC.CCCC.CCCC. The Kier molecular flexibility index (Phi) is 762. The van der Waals surface area contributed by atoms with E-state index in [9.17, 15) is 0 Å². The quantitative estimate of drug-likeness (QED) is 0.486. The molecule has 0 atom stereocenters. The fourth-order valence-corrected chi connectivity index (χ4v) is 0. The van der Waals surface area contributed by atoms with Crippen molar-refractivity contribution in [3.8, 4) is 0 Å². The van der Waals surface area contributed by atoms with E-state index in [2.05, 4.69) is 41.5 Å². The van der Waals surface area contributed by atoms with Crippen LogP contribution in [0.1, 0.15) is 139 Å². The van der Waals surface area contributed by atoms with Gasteiger partial charge in [-0.1, -0.05) is 139 Å². The van der Waals surface area contributed by atoms with E-state index in [1.165, 1.54) is 38.5 Å².